The minimum Gasteiger partial charge on any atom is -0.358 e. The molecule has 20 heavy (non-hydrogen) atoms. The average Bonchev–Trinajstić information content (AvgIpc) is 2.98. The van der Waals surface area contributed by atoms with Crippen LogP contribution in [0.1, 0.15) is 0 Å². The lowest BCUT2D eigenvalue weighted by molar-refractivity contribution is 0.610. The molecule has 0 spiro atoms. The van der Waals surface area contributed by atoms with Crippen LogP contribution in [0.4, 0.5) is 4.39 Å². The molecule has 1 N–H and O–H groups in total. The van der Waals surface area contributed by atoms with E-state index in [0.29, 0.717) is 0 Å². The van der Waals surface area contributed by atoms with Crippen LogP contribution in [0.3, 0.4) is 0 Å². The van der Waals surface area contributed by atoms with Gasteiger partial charge in [0.05, 0.1) is 17.9 Å². The van der Waals surface area contributed by atoms with Gasteiger partial charge >= 0.3 is 0 Å². The fourth-order valence-corrected chi connectivity index (χ4v) is 3.12. The van der Waals surface area contributed by atoms with Crippen LogP contribution in [-0.4, -0.2) is 28.4 Å². The Balaban J connectivity index is 2.47. The number of fused-ring (bicyclic) bond motifs is 1. The zero-order valence-electron chi connectivity index (χ0n) is 9.51. The summed E-state index contributed by atoms with van der Waals surface area (Å²) < 4.78 is 36.8. The molecular formula is C10H5Cl2FN4O2S. The van der Waals surface area contributed by atoms with Crippen molar-refractivity contribution in [3.63, 3.8) is 0 Å². The van der Waals surface area contributed by atoms with Gasteiger partial charge in [-0.2, -0.15) is 10.2 Å². The number of aromatic amines is 1. The molecule has 0 bridgehead atoms. The number of halogens is 3. The van der Waals surface area contributed by atoms with Gasteiger partial charge in [-0.15, -0.1) is 4.80 Å². The maximum atomic E-state index is 13.9. The van der Waals surface area contributed by atoms with E-state index in [1.54, 1.807) is 0 Å². The maximum absolute atomic E-state index is 13.9. The van der Waals surface area contributed by atoms with Gasteiger partial charge in [-0.25, -0.2) is 12.8 Å². The van der Waals surface area contributed by atoms with E-state index in [2.05, 4.69) is 15.2 Å². The molecule has 0 amide bonds. The lowest BCUT2D eigenvalue weighted by atomic mass is 10.2. The van der Waals surface area contributed by atoms with Crippen LogP contribution in [0.2, 0.25) is 5.02 Å². The molecule has 3 aromatic rings. The van der Waals surface area contributed by atoms with Crippen LogP contribution in [0.5, 0.6) is 0 Å². The van der Waals surface area contributed by atoms with Gasteiger partial charge < -0.3 is 4.98 Å². The lowest BCUT2D eigenvalue weighted by Gasteiger charge is -2.06. The van der Waals surface area contributed by atoms with E-state index in [4.69, 9.17) is 22.3 Å². The van der Waals surface area contributed by atoms with Crippen molar-refractivity contribution in [2.75, 3.05) is 0 Å². The molecule has 0 fully saturated rings. The molecule has 0 aliphatic carbocycles. The third kappa shape index (κ3) is 1.96. The second kappa shape index (κ2) is 4.44. The average molecular weight is 335 g/mol. The quantitative estimate of drug-likeness (QED) is 0.730. The van der Waals surface area contributed by atoms with Crippen molar-refractivity contribution in [2.45, 2.75) is 4.90 Å². The summed E-state index contributed by atoms with van der Waals surface area (Å²) in [7, 11) is 1.29. The normalized spacial score (nSPS) is 12.2. The SMILES string of the molecule is O=S(=O)(Cl)c1c[nH]c2c(-n3nccn3)c(Cl)c(F)cc12. The van der Waals surface area contributed by atoms with Crippen molar-refractivity contribution in [3.8, 4) is 5.69 Å². The summed E-state index contributed by atoms with van der Waals surface area (Å²) in [4.78, 5) is 3.56. The first-order valence-corrected chi connectivity index (χ1v) is 7.89. The second-order valence-electron chi connectivity index (χ2n) is 3.85. The summed E-state index contributed by atoms with van der Waals surface area (Å²) in [5, 5.41) is 7.57. The smallest absolute Gasteiger partial charge is 0.263 e. The van der Waals surface area contributed by atoms with Crippen molar-refractivity contribution >= 4 is 42.2 Å². The Labute approximate surface area is 121 Å². The van der Waals surface area contributed by atoms with Crippen molar-refractivity contribution < 1.29 is 12.8 Å². The summed E-state index contributed by atoms with van der Waals surface area (Å²) in [6.45, 7) is 0. The molecule has 10 heteroatoms. The van der Waals surface area contributed by atoms with Gasteiger partial charge in [0.25, 0.3) is 9.05 Å². The minimum atomic E-state index is -4.02. The highest BCUT2D eigenvalue weighted by molar-refractivity contribution is 8.14. The number of hydrogen-bond donors (Lipinski definition) is 1. The molecule has 6 nitrogen and oxygen atoms in total. The highest BCUT2D eigenvalue weighted by Crippen LogP contribution is 2.35. The van der Waals surface area contributed by atoms with Gasteiger partial charge in [-0.1, -0.05) is 11.6 Å². The summed E-state index contributed by atoms with van der Waals surface area (Å²) >= 11 is 5.91. The van der Waals surface area contributed by atoms with Gasteiger partial charge in [-0.05, 0) is 6.07 Å². The molecule has 0 atom stereocenters. The number of H-pyrrole nitrogens is 1. The second-order valence-corrected chi connectivity index (χ2v) is 6.77. The van der Waals surface area contributed by atoms with Crippen molar-refractivity contribution in [3.05, 3.63) is 35.5 Å². The molecular weight excluding hydrogens is 330 g/mol. The zero-order valence-corrected chi connectivity index (χ0v) is 11.8. The monoisotopic (exact) mass is 334 g/mol. The van der Waals surface area contributed by atoms with Crippen molar-refractivity contribution in [1.29, 1.82) is 0 Å². The Hall–Kier alpha value is -1.64. The van der Waals surface area contributed by atoms with E-state index >= 15 is 0 Å². The van der Waals surface area contributed by atoms with Gasteiger partial charge in [0.2, 0.25) is 0 Å². The number of benzene rings is 1. The number of nitrogens with zero attached hydrogens (tertiary/aromatic N) is 3. The molecule has 0 unspecified atom stereocenters. The number of rotatable bonds is 2. The Morgan fingerprint density at radius 2 is 1.95 bits per heavy atom. The molecule has 0 aliphatic rings. The Morgan fingerprint density at radius 3 is 2.55 bits per heavy atom. The third-order valence-corrected chi connectivity index (χ3v) is 4.41. The Bertz CT molecular complexity index is 905. The molecule has 104 valence electrons. The van der Waals surface area contributed by atoms with Crippen molar-refractivity contribution in [2.24, 2.45) is 0 Å². The van der Waals surface area contributed by atoms with Crippen LogP contribution in [0, 0.1) is 5.82 Å². The first-order chi connectivity index (χ1) is 9.39. The summed E-state index contributed by atoms with van der Waals surface area (Å²) in [6, 6.07) is 0.996. The molecule has 2 aromatic heterocycles. The van der Waals surface area contributed by atoms with Crippen LogP contribution in [0.15, 0.2) is 29.6 Å². The van der Waals surface area contributed by atoms with Gasteiger partial charge in [0, 0.05) is 22.3 Å². The minimum absolute atomic E-state index is 0.0780. The first kappa shape index (κ1) is 13.3. The molecule has 0 saturated heterocycles. The van der Waals surface area contributed by atoms with Gasteiger partial charge in [-0.3, -0.25) is 0 Å². The van der Waals surface area contributed by atoms with Gasteiger partial charge in [0.1, 0.15) is 21.4 Å². The van der Waals surface area contributed by atoms with E-state index in [9.17, 15) is 12.8 Å². The highest BCUT2D eigenvalue weighted by atomic mass is 35.7. The van der Waals surface area contributed by atoms with E-state index in [1.807, 2.05) is 0 Å². The fraction of sp³-hybridized carbons (Fsp3) is 0. The van der Waals surface area contributed by atoms with Crippen LogP contribution < -0.4 is 0 Å². The first-order valence-electron chi connectivity index (χ1n) is 5.20. The molecule has 0 saturated carbocycles. The largest absolute Gasteiger partial charge is 0.358 e. The molecule has 1 aromatic carbocycles. The standard InChI is InChI=1S/C10H5Cl2FN4O2S/c11-8-6(13)3-5-7(20(12,18)19)4-14-9(5)10(8)17-15-1-2-16-17/h1-4,14H. The van der Waals surface area contributed by atoms with E-state index in [0.717, 1.165) is 17.1 Å². The lowest BCUT2D eigenvalue weighted by Crippen LogP contribution is -2.02. The number of aromatic nitrogens is 4. The summed E-state index contributed by atoms with van der Waals surface area (Å²) in [6.07, 6.45) is 3.93. The van der Waals surface area contributed by atoms with Gasteiger partial charge in [0.15, 0.2) is 0 Å². The Morgan fingerprint density at radius 1 is 1.30 bits per heavy atom. The molecule has 2 heterocycles. The predicted octanol–water partition coefficient (Wildman–Crippen LogP) is 2.47. The molecule has 0 radical (unpaired) electrons. The van der Waals surface area contributed by atoms with Crippen LogP contribution >= 0.6 is 22.3 Å². The zero-order chi connectivity index (χ0) is 14.5. The van der Waals surface area contributed by atoms with E-state index < -0.39 is 14.9 Å². The Kier molecular flexibility index (Phi) is 2.96. The van der Waals surface area contributed by atoms with E-state index in [-0.39, 0.29) is 26.5 Å². The number of nitrogens with one attached hydrogen (secondary N) is 1. The number of hydrogen-bond acceptors (Lipinski definition) is 4. The summed E-state index contributed by atoms with van der Waals surface area (Å²) in [5.74, 6) is -0.798. The van der Waals surface area contributed by atoms with Crippen LogP contribution in [0.25, 0.3) is 16.6 Å². The molecule has 0 aliphatic heterocycles. The summed E-state index contributed by atoms with van der Waals surface area (Å²) in [5.41, 5.74) is 0.380. The highest BCUT2D eigenvalue weighted by Gasteiger charge is 2.23. The topological polar surface area (TPSA) is 80.6 Å². The fourth-order valence-electron chi connectivity index (χ4n) is 1.89. The third-order valence-electron chi connectivity index (χ3n) is 2.69. The maximum Gasteiger partial charge on any atom is 0.263 e. The van der Waals surface area contributed by atoms with E-state index in [1.165, 1.54) is 12.4 Å². The predicted molar refractivity (Wildman–Crippen MR) is 71.2 cm³/mol. The molecule has 3 rings (SSSR count). The van der Waals surface area contributed by atoms with Crippen molar-refractivity contribution in [1.82, 2.24) is 20.0 Å². The van der Waals surface area contributed by atoms with Crippen LogP contribution in [-0.2, 0) is 9.05 Å².